The summed E-state index contributed by atoms with van der Waals surface area (Å²) < 4.78 is 6.59. The molecule has 0 unspecified atom stereocenters. The zero-order valence-corrected chi connectivity index (χ0v) is 10.9. The summed E-state index contributed by atoms with van der Waals surface area (Å²) in [5.41, 5.74) is 0.674. The molecule has 0 fully saturated rings. The minimum Gasteiger partial charge on any atom is -0.439 e. The molecule has 2 aromatic rings. The van der Waals surface area contributed by atoms with Gasteiger partial charge in [-0.25, -0.2) is 4.98 Å². The Hall–Kier alpha value is -1.39. The highest BCUT2D eigenvalue weighted by Crippen LogP contribution is 2.28. The Kier molecular flexibility index (Phi) is 3.76. The standard InChI is InChI=1S/C13H12BrNO2/c1-9(16)12-6-3-7-15-13(12)17-11-5-2-4-10(14)8-11/h2-9,16H,1H3/t9-/m1/s1. The van der Waals surface area contributed by atoms with Gasteiger partial charge in [-0.05, 0) is 37.3 Å². The highest BCUT2D eigenvalue weighted by atomic mass is 79.9. The summed E-state index contributed by atoms with van der Waals surface area (Å²) in [6.07, 6.45) is 1.03. The van der Waals surface area contributed by atoms with E-state index in [2.05, 4.69) is 20.9 Å². The van der Waals surface area contributed by atoms with Crippen molar-refractivity contribution in [2.75, 3.05) is 0 Å². The van der Waals surface area contributed by atoms with Gasteiger partial charge in [0.2, 0.25) is 5.88 Å². The van der Waals surface area contributed by atoms with Crippen LogP contribution in [0.1, 0.15) is 18.6 Å². The van der Waals surface area contributed by atoms with Gasteiger partial charge in [0.15, 0.2) is 0 Å². The van der Waals surface area contributed by atoms with Crippen LogP contribution in [-0.2, 0) is 0 Å². The smallest absolute Gasteiger partial charge is 0.225 e. The number of aliphatic hydroxyl groups is 1. The molecule has 0 radical (unpaired) electrons. The number of aromatic nitrogens is 1. The molecule has 0 aliphatic carbocycles. The number of benzene rings is 1. The third-order valence-corrected chi connectivity index (χ3v) is 2.75. The van der Waals surface area contributed by atoms with Crippen LogP contribution in [0.3, 0.4) is 0 Å². The van der Waals surface area contributed by atoms with E-state index in [4.69, 9.17) is 4.74 Å². The van der Waals surface area contributed by atoms with Crippen molar-refractivity contribution < 1.29 is 9.84 Å². The molecule has 1 atom stereocenters. The molecule has 3 nitrogen and oxygen atoms in total. The average molecular weight is 294 g/mol. The molecule has 0 saturated heterocycles. The summed E-state index contributed by atoms with van der Waals surface area (Å²) in [5.74, 6) is 1.11. The number of hydrogen-bond acceptors (Lipinski definition) is 3. The van der Waals surface area contributed by atoms with E-state index >= 15 is 0 Å². The summed E-state index contributed by atoms with van der Waals surface area (Å²) >= 11 is 3.37. The normalized spacial score (nSPS) is 12.2. The molecule has 0 aliphatic rings. The summed E-state index contributed by atoms with van der Waals surface area (Å²) in [7, 11) is 0. The molecule has 1 heterocycles. The first-order valence-corrected chi connectivity index (χ1v) is 6.02. The first-order chi connectivity index (χ1) is 8.16. The third-order valence-electron chi connectivity index (χ3n) is 2.26. The maximum absolute atomic E-state index is 9.61. The molecule has 1 aromatic heterocycles. The highest BCUT2D eigenvalue weighted by molar-refractivity contribution is 9.10. The van der Waals surface area contributed by atoms with Crippen LogP contribution in [0.25, 0.3) is 0 Å². The summed E-state index contributed by atoms with van der Waals surface area (Å²) in [5, 5.41) is 9.61. The first kappa shape index (κ1) is 12.1. The predicted octanol–water partition coefficient (Wildman–Crippen LogP) is 3.69. The summed E-state index contributed by atoms with van der Waals surface area (Å²) in [4.78, 5) is 4.13. The topological polar surface area (TPSA) is 42.4 Å². The second-order valence-corrected chi connectivity index (χ2v) is 4.55. The fourth-order valence-corrected chi connectivity index (χ4v) is 1.83. The lowest BCUT2D eigenvalue weighted by atomic mass is 10.2. The third kappa shape index (κ3) is 3.05. The van der Waals surface area contributed by atoms with Gasteiger partial charge in [-0.1, -0.05) is 22.0 Å². The van der Waals surface area contributed by atoms with Gasteiger partial charge in [0.25, 0.3) is 0 Å². The Labute approximate surface area is 108 Å². The molecule has 0 amide bonds. The number of aliphatic hydroxyl groups excluding tert-OH is 1. The number of ether oxygens (including phenoxy) is 1. The minimum absolute atomic E-state index is 0.431. The molecule has 4 heteroatoms. The van der Waals surface area contributed by atoms with Crippen molar-refractivity contribution in [2.24, 2.45) is 0 Å². The van der Waals surface area contributed by atoms with Crippen LogP contribution in [0.4, 0.5) is 0 Å². The molecule has 1 N–H and O–H groups in total. The fraction of sp³-hybridized carbons (Fsp3) is 0.154. The van der Waals surface area contributed by atoms with Crippen LogP contribution in [0, 0.1) is 0 Å². The van der Waals surface area contributed by atoms with E-state index in [0.29, 0.717) is 17.2 Å². The molecule has 88 valence electrons. The van der Waals surface area contributed by atoms with Gasteiger partial charge in [-0.2, -0.15) is 0 Å². The van der Waals surface area contributed by atoms with Crippen molar-refractivity contribution in [3.05, 3.63) is 52.6 Å². The number of hydrogen-bond donors (Lipinski definition) is 1. The van der Waals surface area contributed by atoms with Crippen LogP contribution in [0.15, 0.2) is 47.1 Å². The van der Waals surface area contributed by atoms with Crippen molar-refractivity contribution in [2.45, 2.75) is 13.0 Å². The van der Waals surface area contributed by atoms with E-state index in [0.717, 1.165) is 4.47 Å². The highest BCUT2D eigenvalue weighted by Gasteiger charge is 2.10. The molecule has 0 saturated carbocycles. The SMILES string of the molecule is C[C@@H](O)c1cccnc1Oc1cccc(Br)c1. The lowest BCUT2D eigenvalue weighted by Gasteiger charge is -2.11. The number of rotatable bonds is 3. The maximum atomic E-state index is 9.61. The van der Waals surface area contributed by atoms with Gasteiger partial charge < -0.3 is 9.84 Å². The Morgan fingerprint density at radius 1 is 1.29 bits per heavy atom. The van der Waals surface area contributed by atoms with Crippen molar-refractivity contribution in [1.29, 1.82) is 0 Å². The molecule has 17 heavy (non-hydrogen) atoms. The van der Waals surface area contributed by atoms with Gasteiger partial charge in [0.1, 0.15) is 5.75 Å². The van der Waals surface area contributed by atoms with Gasteiger partial charge in [0, 0.05) is 16.2 Å². The summed E-state index contributed by atoms with van der Waals surface area (Å²) in [6, 6.07) is 11.1. The monoisotopic (exact) mass is 293 g/mol. The van der Waals surface area contributed by atoms with E-state index in [1.54, 1.807) is 25.3 Å². The molecule has 1 aromatic carbocycles. The van der Waals surface area contributed by atoms with E-state index < -0.39 is 6.10 Å². The van der Waals surface area contributed by atoms with Crippen molar-refractivity contribution >= 4 is 15.9 Å². The molecular weight excluding hydrogens is 282 g/mol. The van der Waals surface area contributed by atoms with Crippen molar-refractivity contribution in [3.8, 4) is 11.6 Å². The molecular formula is C13H12BrNO2. The van der Waals surface area contributed by atoms with E-state index in [9.17, 15) is 5.11 Å². The Morgan fingerprint density at radius 3 is 2.82 bits per heavy atom. The number of pyridine rings is 1. The molecule has 2 rings (SSSR count). The number of halogens is 1. The second-order valence-electron chi connectivity index (χ2n) is 3.63. The van der Waals surface area contributed by atoms with E-state index in [1.165, 1.54) is 0 Å². The lowest BCUT2D eigenvalue weighted by molar-refractivity contribution is 0.194. The van der Waals surface area contributed by atoms with Crippen molar-refractivity contribution in [1.82, 2.24) is 4.98 Å². The van der Waals surface area contributed by atoms with Crippen LogP contribution < -0.4 is 4.74 Å². The lowest BCUT2D eigenvalue weighted by Crippen LogP contribution is -1.97. The Bertz CT molecular complexity index is 514. The van der Waals surface area contributed by atoms with Crippen LogP contribution in [0.2, 0.25) is 0 Å². The Morgan fingerprint density at radius 2 is 2.12 bits per heavy atom. The van der Waals surface area contributed by atoms with Crippen LogP contribution in [0.5, 0.6) is 11.6 Å². The average Bonchev–Trinajstić information content (AvgIpc) is 2.29. The van der Waals surface area contributed by atoms with E-state index in [-0.39, 0.29) is 0 Å². The maximum Gasteiger partial charge on any atom is 0.225 e. The zero-order chi connectivity index (χ0) is 12.3. The molecule has 0 spiro atoms. The largest absolute Gasteiger partial charge is 0.439 e. The minimum atomic E-state index is -0.606. The zero-order valence-electron chi connectivity index (χ0n) is 9.30. The van der Waals surface area contributed by atoms with Crippen LogP contribution in [-0.4, -0.2) is 10.1 Å². The van der Waals surface area contributed by atoms with Gasteiger partial charge in [0.05, 0.1) is 6.10 Å². The fourth-order valence-electron chi connectivity index (χ4n) is 1.45. The van der Waals surface area contributed by atoms with Crippen molar-refractivity contribution in [3.63, 3.8) is 0 Å². The van der Waals surface area contributed by atoms with Gasteiger partial charge in [-0.15, -0.1) is 0 Å². The summed E-state index contributed by atoms with van der Waals surface area (Å²) in [6.45, 7) is 1.69. The number of nitrogens with zero attached hydrogens (tertiary/aromatic N) is 1. The van der Waals surface area contributed by atoms with E-state index in [1.807, 2.05) is 24.3 Å². The van der Waals surface area contributed by atoms with Gasteiger partial charge in [-0.3, -0.25) is 0 Å². The molecule has 0 bridgehead atoms. The first-order valence-electron chi connectivity index (χ1n) is 5.23. The molecule has 0 aliphatic heterocycles. The second kappa shape index (κ2) is 5.29. The Balaban J connectivity index is 2.30. The van der Waals surface area contributed by atoms with Crippen LogP contribution >= 0.6 is 15.9 Å². The predicted molar refractivity (Wildman–Crippen MR) is 69.1 cm³/mol. The quantitative estimate of drug-likeness (QED) is 0.938. The van der Waals surface area contributed by atoms with Gasteiger partial charge >= 0.3 is 0 Å².